The third-order valence-corrected chi connectivity index (χ3v) is 6.68. The largest absolute Gasteiger partial charge is 0.438 e. The molecule has 0 unspecified atom stereocenters. The van der Waals surface area contributed by atoms with Gasteiger partial charge in [0.25, 0.3) is 0 Å². The van der Waals surface area contributed by atoms with Gasteiger partial charge in [0.2, 0.25) is 17.7 Å². The van der Waals surface area contributed by atoms with Gasteiger partial charge in [0.05, 0.1) is 47.1 Å². The number of unbranched alkanes of at least 4 members (excludes halogenated alkanes) is 1. The van der Waals surface area contributed by atoms with E-state index in [1.807, 2.05) is 13.8 Å². The number of anilines is 2. The van der Waals surface area contributed by atoms with Crippen molar-refractivity contribution in [1.82, 2.24) is 14.9 Å². The number of nitriles is 2. The van der Waals surface area contributed by atoms with Crippen LogP contribution in [-0.4, -0.2) is 39.9 Å². The molecule has 0 saturated carbocycles. The number of carbonyl (C=O) groups is 1. The zero-order valence-electron chi connectivity index (χ0n) is 22.2. The first-order valence-electron chi connectivity index (χ1n) is 12.9. The molecule has 3 aromatic rings. The highest BCUT2D eigenvalue weighted by atomic mass is 16.5. The number of amides is 1. The lowest BCUT2D eigenvalue weighted by atomic mass is 10.0. The second kappa shape index (κ2) is 12.4. The van der Waals surface area contributed by atoms with E-state index < -0.39 is 6.04 Å². The zero-order valence-corrected chi connectivity index (χ0v) is 22.2. The second-order valence-corrected chi connectivity index (χ2v) is 9.65. The van der Waals surface area contributed by atoms with E-state index in [-0.39, 0.29) is 12.5 Å². The van der Waals surface area contributed by atoms with Crippen LogP contribution < -0.4 is 21.5 Å². The first kappa shape index (κ1) is 27.5. The van der Waals surface area contributed by atoms with Crippen LogP contribution in [0.25, 0.3) is 0 Å². The molecule has 0 spiro atoms. The number of carbonyl (C=O) groups excluding carboxylic acids is 1. The smallest absolute Gasteiger partial charge is 0.239 e. The number of hydrogen-bond acceptors (Lipinski definition) is 9. The Bertz CT molecular complexity index is 1420. The summed E-state index contributed by atoms with van der Waals surface area (Å²) in [5.41, 5.74) is 16.7. The molecule has 1 atom stereocenters. The number of fused-ring (bicyclic) bond motifs is 1. The molecule has 5 N–H and O–H groups in total. The fourth-order valence-corrected chi connectivity index (χ4v) is 4.61. The molecule has 4 rings (SSSR count). The molecule has 200 valence electrons. The quantitative estimate of drug-likeness (QED) is 0.353. The van der Waals surface area contributed by atoms with E-state index in [0.717, 1.165) is 40.9 Å². The molecule has 10 heteroatoms. The molecule has 1 amide bonds. The molecule has 1 aliphatic rings. The Morgan fingerprint density at radius 1 is 1.10 bits per heavy atom. The van der Waals surface area contributed by atoms with Crippen molar-refractivity contribution in [2.75, 3.05) is 18.4 Å². The van der Waals surface area contributed by atoms with Gasteiger partial charge in [0.1, 0.15) is 5.75 Å². The van der Waals surface area contributed by atoms with Gasteiger partial charge in [-0.1, -0.05) is 6.42 Å². The van der Waals surface area contributed by atoms with Crippen molar-refractivity contribution in [3.05, 3.63) is 69.9 Å². The highest BCUT2D eigenvalue weighted by molar-refractivity contribution is 5.82. The van der Waals surface area contributed by atoms with E-state index in [9.17, 15) is 10.1 Å². The van der Waals surface area contributed by atoms with Crippen molar-refractivity contribution in [1.29, 1.82) is 10.5 Å². The molecule has 2 aromatic carbocycles. The average Bonchev–Trinajstić information content (AvgIpc) is 2.94. The van der Waals surface area contributed by atoms with E-state index in [1.54, 1.807) is 41.3 Å². The SMILES string of the molecule is Cc1cc(C#N)cc(C)c1Oc1nc(Nc2ccc(C#N)cc2)nc2c1CN(C(=O)[C@@H](N)CCCCN)CC2. The average molecular weight is 525 g/mol. The number of nitrogens with two attached hydrogens (primary N) is 2. The van der Waals surface area contributed by atoms with E-state index in [2.05, 4.69) is 22.4 Å². The van der Waals surface area contributed by atoms with Crippen LogP contribution in [0.15, 0.2) is 36.4 Å². The number of hydrogen-bond donors (Lipinski definition) is 3. The standard InChI is InChI=1S/C29H32N8O2/c1-18-13-21(16-32)14-19(2)26(18)39-27-23-17-37(28(38)24(33)5-3-4-11-30)12-10-25(23)35-29(36-27)34-22-8-6-20(15-31)7-9-22/h6-9,13-14,24H,3-5,10-12,17,30,33H2,1-2H3,(H,34,35,36)/t24-/m0/s1. The maximum atomic E-state index is 13.1. The maximum absolute atomic E-state index is 13.1. The minimum absolute atomic E-state index is 0.117. The van der Waals surface area contributed by atoms with E-state index in [4.69, 9.17) is 26.5 Å². The highest BCUT2D eigenvalue weighted by Crippen LogP contribution is 2.35. The van der Waals surface area contributed by atoms with Gasteiger partial charge in [-0.05, 0) is 80.8 Å². The summed E-state index contributed by atoms with van der Waals surface area (Å²) in [5, 5.41) is 21.6. The van der Waals surface area contributed by atoms with Crippen LogP contribution in [0.4, 0.5) is 11.6 Å². The minimum atomic E-state index is -0.594. The minimum Gasteiger partial charge on any atom is -0.438 e. The number of rotatable bonds is 9. The summed E-state index contributed by atoms with van der Waals surface area (Å²) in [7, 11) is 0. The third-order valence-electron chi connectivity index (χ3n) is 6.68. The number of nitrogens with one attached hydrogen (secondary N) is 1. The molecule has 0 radical (unpaired) electrons. The van der Waals surface area contributed by atoms with Gasteiger partial charge in [0.15, 0.2) is 0 Å². The molecule has 39 heavy (non-hydrogen) atoms. The van der Waals surface area contributed by atoms with E-state index in [0.29, 0.717) is 54.6 Å². The number of ether oxygens (including phenoxy) is 1. The monoisotopic (exact) mass is 524 g/mol. The van der Waals surface area contributed by atoms with Crippen molar-refractivity contribution < 1.29 is 9.53 Å². The first-order chi connectivity index (χ1) is 18.8. The molecule has 1 aliphatic heterocycles. The summed E-state index contributed by atoms with van der Waals surface area (Å²) in [6.45, 7) is 5.09. The summed E-state index contributed by atoms with van der Waals surface area (Å²) >= 11 is 0. The van der Waals surface area contributed by atoms with Crippen LogP contribution in [0.5, 0.6) is 11.6 Å². The number of benzene rings is 2. The van der Waals surface area contributed by atoms with Crippen molar-refractivity contribution in [3.8, 4) is 23.8 Å². The predicted octanol–water partition coefficient (Wildman–Crippen LogP) is 3.71. The normalized spacial score (nSPS) is 13.1. The molecular formula is C29H32N8O2. The number of aromatic nitrogens is 2. The van der Waals surface area contributed by atoms with E-state index in [1.165, 1.54) is 0 Å². The van der Waals surface area contributed by atoms with Gasteiger partial charge in [-0.25, -0.2) is 4.98 Å². The van der Waals surface area contributed by atoms with Crippen LogP contribution in [0, 0.1) is 36.5 Å². The van der Waals surface area contributed by atoms with Gasteiger partial charge < -0.3 is 26.4 Å². The maximum Gasteiger partial charge on any atom is 0.239 e. The summed E-state index contributed by atoms with van der Waals surface area (Å²) in [5.74, 6) is 1.16. The number of aryl methyl sites for hydroxylation is 2. The Kier molecular flexibility index (Phi) is 8.72. The molecule has 10 nitrogen and oxygen atoms in total. The van der Waals surface area contributed by atoms with Gasteiger partial charge in [-0.2, -0.15) is 15.5 Å². The van der Waals surface area contributed by atoms with Crippen molar-refractivity contribution in [2.45, 2.75) is 52.1 Å². The first-order valence-corrected chi connectivity index (χ1v) is 12.9. The zero-order chi connectivity index (χ0) is 27.9. The van der Waals surface area contributed by atoms with E-state index >= 15 is 0 Å². The molecule has 0 aliphatic carbocycles. The fourth-order valence-electron chi connectivity index (χ4n) is 4.61. The summed E-state index contributed by atoms with van der Waals surface area (Å²) in [4.78, 5) is 24.3. The summed E-state index contributed by atoms with van der Waals surface area (Å²) in [6, 6.07) is 14.2. The lowest BCUT2D eigenvalue weighted by Gasteiger charge is -2.31. The van der Waals surface area contributed by atoms with Crippen LogP contribution in [-0.2, 0) is 17.8 Å². The molecule has 0 fully saturated rings. The lowest BCUT2D eigenvalue weighted by molar-refractivity contribution is -0.133. The Labute approximate surface area is 228 Å². The van der Waals surface area contributed by atoms with Gasteiger partial charge in [-0.3, -0.25) is 4.79 Å². The molecule has 0 bridgehead atoms. The summed E-state index contributed by atoms with van der Waals surface area (Å²) in [6.07, 6.45) is 2.72. The summed E-state index contributed by atoms with van der Waals surface area (Å²) < 4.78 is 6.39. The Morgan fingerprint density at radius 3 is 2.44 bits per heavy atom. The van der Waals surface area contributed by atoms with Crippen molar-refractivity contribution in [3.63, 3.8) is 0 Å². The van der Waals surface area contributed by atoms with Crippen molar-refractivity contribution in [2.24, 2.45) is 11.5 Å². The van der Waals surface area contributed by atoms with Gasteiger partial charge >= 0.3 is 0 Å². The van der Waals surface area contributed by atoms with Crippen LogP contribution in [0.3, 0.4) is 0 Å². The third kappa shape index (κ3) is 6.50. The Balaban J connectivity index is 1.67. The van der Waals surface area contributed by atoms with Crippen LogP contribution in [0.2, 0.25) is 0 Å². The lowest BCUT2D eigenvalue weighted by Crippen LogP contribution is -2.46. The highest BCUT2D eigenvalue weighted by Gasteiger charge is 2.29. The fraction of sp³-hybridized carbons (Fsp3) is 0.345. The topological polar surface area (TPSA) is 167 Å². The molecule has 0 saturated heterocycles. The molecular weight excluding hydrogens is 492 g/mol. The van der Waals surface area contributed by atoms with Gasteiger partial charge in [-0.15, -0.1) is 0 Å². The van der Waals surface area contributed by atoms with Crippen LogP contribution >= 0.6 is 0 Å². The molecule has 2 heterocycles. The van der Waals surface area contributed by atoms with Crippen LogP contribution in [0.1, 0.15) is 52.8 Å². The van der Waals surface area contributed by atoms with Crippen molar-refractivity contribution >= 4 is 17.5 Å². The predicted molar refractivity (Wildman–Crippen MR) is 147 cm³/mol. The molecule has 1 aromatic heterocycles. The Morgan fingerprint density at radius 2 is 1.79 bits per heavy atom. The second-order valence-electron chi connectivity index (χ2n) is 9.65. The number of nitrogens with zero attached hydrogens (tertiary/aromatic N) is 5. The van der Waals surface area contributed by atoms with Gasteiger partial charge in [0, 0.05) is 18.7 Å². The Hall–Kier alpha value is -4.51.